The van der Waals surface area contributed by atoms with Crippen LogP contribution in [-0.4, -0.2) is 15.2 Å². The minimum Gasteiger partial charge on any atom is -0.306 e. The number of aromatic amines is 1. The molecule has 0 bridgehead atoms. The molecule has 1 atom stereocenters. The molecule has 0 radical (unpaired) electrons. The Labute approximate surface area is 136 Å². The SMILES string of the molecule is c1cncc(-c2cccc(CNC3CCCc4[nH]ncc43)c2)c1. The molecule has 0 saturated carbocycles. The van der Waals surface area contributed by atoms with Gasteiger partial charge < -0.3 is 5.32 Å². The highest BCUT2D eigenvalue weighted by atomic mass is 15.1. The lowest BCUT2D eigenvalue weighted by Crippen LogP contribution is -2.24. The van der Waals surface area contributed by atoms with Gasteiger partial charge in [0, 0.05) is 36.2 Å². The van der Waals surface area contributed by atoms with Crippen molar-refractivity contribution in [1.82, 2.24) is 20.5 Å². The van der Waals surface area contributed by atoms with Crippen LogP contribution in [-0.2, 0) is 13.0 Å². The van der Waals surface area contributed by atoms with Crippen LogP contribution in [0.3, 0.4) is 0 Å². The lowest BCUT2D eigenvalue weighted by Gasteiger charge is -2.23. The minimum absolute atomic E-state index is 0.402. The Bertz CT molecular complexity index is 779. The Morgan fingerprint density at radius 1 is 1.13 bits per heavy atom. The maximum Gasteiger partial charge on any atom is 0.0538 e. The van der Waals surface area contributed by atoms with Crippen LogP contribution in [0, 0.1) is 0 Å². The number of benzene rings is 1. The van der Waals surface area contributed by atoms with Gasteiger partial charge in [0.05, 0.1) is 6.20 Å². The van der Waals surface area contributed by atoms with E-state index in [1.165, 1.54) is 35.2 Å². The van der Waals surface area contributed by atoms with Gasteiger partial charge in [-0.25, -0.2) is 0 Å². The van der Waals surface area contributed by atoms with Gasteiger partial charge in [0.25, 0.3) is 0 Å². The van der Waals surface area contributed by atoms with Gasteiger partial charge in [-0.1, -0.05) is 24.3 Å². The van der Waals surface area contributed by atoms with E-state index in [0.29, 0.717) is 6.04 Å². The number of rotatable bonds is 4. The second-order valence-electron chi connectivity index (χ2n) is 6.07. The molecular formula is C19H20N4. The van der Waals surface area contributed by atoms with Gasteiger partial charge in [-0.05, 0) is 48.1 Å². The quantitative estimate of drug-likeness (QED) is 0.774. The van der Waals surface area contributed by atoms with E-state index in [9.17, 15) is 0 Å². The van der Waals surface area contributed by atoms with E-state index < -0.39 is 0 Å². The van der Waals surface area contributed by atoms with E-state index in [2.05, 4.69) is 50.8 Å². The van der Waals surface area contributed by atoms with Crippen molar-refractivity contribution in [1.29, 1.82) is 0 Å². The molecule has 0 spiro atoms. The van der Waals surface area contributed by atoms with Crippen LogP contribution in [0.2, 0.25) is 0 Å². The van der Waals surface area contributed by atoms with E-state index >= 15 is 0 Å². The predicted molar refractivity (Wildman–Crippen MR) is 90.8 cm³/mol. The van der Waals surface area contributed by atoms with Gasteiger partial charge in [0.2, 0.25) is 0 Å². The molecule has 1 aromatic carbocycles. The van der Waals surface area contributed by atoms with Crippen LogP contribution in [0.25, 0.3) is 11.1 Å². The summed E-state index contributed by atoms with van der Waals surface area (Å²) in [5, 5.41) is 11.0. The molecule has 0 aliphatic heterocycles. The van der Waals surface area contributed by atoms with E-state index in [4.69, 9.17) is 0 Å². The fourth-order valence-corrected chi connectivity index (χ4v) is 3.31. The summed E-state index contributed by atoms with van der Waals surface area (Å²) >= 11 is 0. The van der Waals surface area contributed by atoms with E-state index in [-0.39, 0.29) is 0 Å². The molecule has 1 aliphatic carbocycles. The molecule has 116 valence electrons. The molecule has 1 aliphatic rings. The standard InChI is InChI=1S/C19H20N4/c1-4-14(10-15(5-1)16-6-3-9-20-12-16)11-21-18-7-2-8-19-17(18)13-22-23-19/h1,3-6,9-10,12-13,18,21H,2,7-8,11H2,(H,22,23). The van der Waals surface area contributed by atoms with Gasteiger partial charge in [0.15, 0.2) is 0 Å². The van der Waals surface area contributed by atoms with Crippen molar-refractivity contribution in [2.24, 2.45) is 0 Å². The molecule has 2 N–H and O–H groups in total. The molecule has 4 nitrogen and oxygen atoms in total. The number of aromatic nitrogens is 3. The van der Waals surface area contributed by atoms with Gasteiger partial charge in [-0.2, -0.15) is 5.10 Å². The highest BCUT2D eigenvalue weighted by Crippen LogP contribution is 2.28. The molecule has 2 aromatic heterocycles. The first kappa shape index (κ1) is 14.2. The second-order valence-corrected chi connectivity index (χ2v) is 6.07. The average molecular weight is 304 g/mol. The Balaban J connectivity index is 1.48. The van der Waals surface area contributed by atoms with Crippen LogP contribution >= 0.6 is 0 Å². The zero-order valence-electron chi connectivity index (χ0n) is 13.0. The Morgan fingerprint density at radius 2 is 2.09 bits per heavy atom. The molecule has 1 unspecified atom stereocenters. The maximum absolute atomic E-state index is 4.20. The molecule has 0 fully saturated rings. The van der Waals surface area contributed by atoms with Gasteiger partial charge >= 0.3 is 0 Å². The first-order valence-corrected chi connectivity index (χ1v) is 8.15. The molecule has 2 heterocycles. The third-order valence-corrected chi connectivity index (χ3v) is 4.52. The van der Waals surface area contributed by atoms with Crippen LogP contribution in [0.5, 0.6) is 0 Å². The summed E-state index contributed by atoms with van der Waals surface area (Å²) in [4.78, 5) is 4.20. The zero-order chi connectivity index (χ0) is 15.5. The van der Waals surface area contributed by atoms with Gasteiger partial charge in [0.1, 0.15) is 0 Å². The molecule has 4 heteroatoms. The van der Waals surface area contributed by atoms with Gasteiger partial charge in [-0.15, -0.1) is 0 Å². The van der Waals surface area contributed by atoms with Crippen LogP contribution < -0.4 is 5.32 Å². The van der Waals surface area contributed by atoms with Crippen molar-refractivity contribution in [3.8, 4) is 11.1 Å². The fourth-order valence-electron chi connectivity index (χ4n) is 3.31. The number of nitrogens with zero attached hydrogens (tertiary/aromatic N) is 2. The summed E-state index contributed by atoms with van der Waals surface area (Å²) in [6.07, 6.45) is 9.19. The molecule has 0 saturated heterocycles. The monoisotopic (exact) mass is 304 g/mol. The van der Waals surface area contributed by atoms with Crippen LogP contribution in [0.15, 0.2) is 55.0 Å². The average Bonchev–Trinajstić information content (AvgIpc) is 3.10. The van der Waals surface area contributed by atoms with Crippen LogP contribution in [0.4, 0.5) is 0 Å². The van der Waals surface area contributed by atoms with Crippen molar-refractivity contribution in [3.05, 3.63) is 71.8 Å². The first-order valence-electron chi connectivity index (χ1n) is 8.15. The number of hydrogen-bond acceptors (Lipinski definition) is 3. The highest BCUT2D eigenvalue weighted by Gasteiger charge is 2.21. The third kappa shape index (κ3) is 3.03. The normalized spacial score (nSPS) is 17.0. The summed E-state index contributed by atoms with van der Waals surface area (Å²) in [6, 6.07) is 13.1. The fraction of sp³-hybridized carbons (Fsp3) is 0.263. The maximum atomic E-state index is 4.20. The predicted octanol–water partition coefficient (Wildman–Crippen LogP) is 3.64. The lowest BCUT2D eigenvalue weighted by molar-refractivity contribution is 0.458. The topological polar surface area (TPSA) is 53.6 Å². The lowest BCUT2D eigenvalue weighted by atomic mass is 9.93. The van der Waals surface area contributed by atoms with E-state index in [1.54, 1.807) is 6.20 Å². The summed E-state index contributed by atoms with van der Waals surface area (Å²) in [5.41, 5.74) is 6.29. The Kier molecular flexibility index (Phi) is 3.90. The van der Waals surface area contributed by atoms with E-state index in [0.717, 1.165) is 18.5 Å². The Hall–Kier alpha value is -2.46. The number of H-pyrrole nitrogens is 1. The molecule has 23 heavy (non-hydrogen) atoms. The summed E-state index contributed by atoms with van der Waals surface area (Å²) in [6.45, 7) is 0.864. The summed E-state index contributed by atoms with van der Waals surface area (Å²) < 4.78 is 0. The minimum atomic E-state index is 0.402. The van der Waals surface area contributed by atoms with Crippen molar-refractivity contribution in [2.45, 2.75) is 31.8 Å². The number of pyridine rings is 1. The third-order valence-electron chi connectivity index (χ3n) is 4.52. The van der Waals surface area contributed by atoms with Crippen molar-refractivity contribution in [3.63, 3.8) is 0 Å². The molecule has 3 aromatic rings. The number of nitrogens with one attached hydrogen (secondary N) is 2. The highest BCUT2D eigenvalue weighted by molar-refractivity contribution is 5.62. The summed E-state index contributed by atoms with van der Waals surface area (Å²) in [7, 11) is 0. The number of hydrogen-bond donors (Lipinski definition) is 2. The summed E-state index contributed by atoms with van der Waals surface area (Å²) in [5.74, 6) is 0. The Morgan fingerprint density at radius 3 is 3.00 bits per heavy atom. The van der Waals surface area contributed by atoms with Crippen LogP contribution in [0.1, 0.15) is 35.7 Å². The second kappa shape index (κ2) is 6.34. The number of fused-ring (bicyclic) bond motifs is 1. The van der Waals surface area contributed by atoms with Crippen molar-refractivity contribution in [2.75, 3.05) is 0 Å². The van der Waals surface area contributed by atoms with Gasteiger partial charge in [-0.3, -0.25) is 10.1 Å². The largest absolute Gasteiger partial charge is 0.306 e. The molecular weight excluding hydrogens is 284 g/mol. The number of aryl methyl sites for hydroxylation is 1. The van der Waals surface area contributed by atoms with Crippen molar-refractivity contribution >= 4 is 0 Å². The molecule has 0 amide bonds. The smallest absolute Gasteiger partial charge is 0.0538 e. The van der Waals surface area contributed by atoms with E-state index in [1.807, 2.05) is 18.5 Å². The first-order chi connectivity index (χ1) is 11.4. The van der Waals surface area contributed by atoms with Crippen molar-refractivity contribution < 1.29 is 0 Å². The zero-order valence-corrected chi connectivity index (χ0v) is 13.0. The molecule has 4 rings (SSSR count).